The quantitative estimate of drug-likeness (QED) is 0.738. The number of piperazine rings is 1. The summed E-state index contributed by atoms with van der Waals surface area (Å²) in [5.41, 5.74) is 5.98. The van der Waals surface area contributed by atoms with E-state index in [0.717, 1.165) is 24.2 Å². The van der Waals surface area contributed by atoms with Crippen LogP contribution in [0, 0.1) is 5.92 Å². The molecule has 11 heteroatoms. The van der Waals surface area contributed by atoms with Gasteiger partial charge in [-0.25, -0.2) is 18.4 Å². The summed E-state index contributed by atoms with van der Waals surface area (Å²) in [5.74, 6) is 0.141. The van der Waals surface area contributed by atoms with Crippen molar-refractivity contribution in [2.45, 2.75) is 37.5 Å². The molecule has 0 aliphatic carbocycles. The van der Waals surface area contributed by atoms with Crippen LogP contribution < -0.4 is 15.5 Å². The average Bonchev–Trinajstić information content (AvgIpc) is 2.71. The number of hydrogen-bond donors (Lipinski definition) is 1. The van der Waals surface area contributed by atoms with Crippen molar-refractivity contribution in [3.63, 3.8) is 0 Å². The highest BCUT2D eigenvalue weighted by Crippen LogP contribution is 2.31. The minimum absolute atomic E-state index is 0.0449. The van der Waals surface area contributed by atoms with Crippen molar-refractivity contribution in [3.05, 3.63) is 41.7 Å². The molecular weight excluding hydrogens is 431 g/mol. The van der Waals surface area contributed by atoms with Crippen molar-refractivity contribution in [1.82, 2.24) is 9.97 Å². The van der Waals surface area contributed by atoms with Crippen LogP contribution in [-0.4, -0.2) is 50.3 Å². The third kappa shape index (κ3) is 5.09. The first-order chi connectivity index (χ1) is 14.4. The molecule has 31 heavy (non-hydrogen) atoms. The Labute approximate surface area is 180 Å². The fourth-order valence-corrected chi connectivity index (χ4v) is 4.72. The predicted octanol–water partition coefficient (Wildman–Crippen LogP) is 2.71. The van der Waals surface area contributed by atoms with Gasteiger partial charge in [-0.15, -0.1) is 0 Å². The van der Waals surface area contributed by atoms with Gasteiger partial charge in [0.1, 0.15) is 5.69 Å². The van der Waals surface area contributed by atoms with Gasteiger partial charge < -0.3 is 15.5 Å². The van der Waals surface area contributed by atoms with Crippen LogP contribution in [0.15, 0.2) is 35.4 Å². The maximum Gasteiger partial charge on any atom is 0.433 e. The van der Waals surface area contributed by atoms with E-state index in [1.165, 1.54) is 0 Å². The molecule has 2 heterocycles. The maximum atomic E-state index is 13.1. The summed E-state index contributed by atoms with van der Waals surface area (Å²) in [6, 6.07) is 5.85. The topological polar surface area (TPSA) is 92.4 Å². The highest BCUT2D eigenvalue weighted by Gasteiger charge is 2.36. The molecule has 1 aromatic carbocycles. The largest absolute Gasteiger partial charge is 0.433 e. The molecule has 0 spiro atoms. The van der Waals surface area contributed by atoms with Crippen molar-refractivity contribution in [2.24, 2.45) is 11.7 Å². The summed E-state index contributed by atoms with van der Waals surface area (Å²) in [5, 5.41) is 0. The van der Waals surface area contributed by atoms with Crippen LogP contribution >= 0.6 is 0 Å². The normalized spacial score (nSPS) is 18.0. The van der Waals surface area contributed by atoms with E-state index < -0.39 is 21.7 Å². The number of sulfone groups is 1. The number of rotatable bonds is 5. The minimum atomic E-state index is -4.54. The van der Waals surface area contributed by atoms with Crippen molar-refractivity contribution in [1.29, 1.82) is 0 Å². The van der Waals surface area contributed by atoms with Gasteiger partial charge in [0.05, 0.1) is 10.9 Å². The average molecular weight is 458 g/mol. The van der Waals surface area contributed by atoms with Crippen molar-refractivity contribution < 1.29 is 21.6 Å². The lowest BCUT2D eigenvalue weighted by Gasteiger charge is -2.44. The molecule has 0 saturated carbocycles. The van der Waals surface area contributed by atoms with Gasteiger partial charge in [-0.2, -0.15) is 13.2 Å². The van der Waals surface area contributed by atoms with Crippen LogP contribution in [0.4, 0.5) is 24.8 Å². The molecule has 1 saturated heterocycles. The molecule has 2 aromatic rings. The summed E-state index contributed by atoms with van der Waals surface area (Å²) < 4.78 is 63.6. The van der Waals surface area contributed by atoms with E-state index in [1.54, 1.807) is 17.0 Å². The Balaban J connectivity index is 1.91. The summed E-state index contributed by atoms with van der Waals surface area (Å²) in [6.07, 6.45) is -2.27. The van der Waals surface area contributed by atoms with Crippen LogP contribution in [0.25, 0.3) is 0 Å². The minimum Gasteiger partial charge on any atom is -0.368 e. The number of hydrogen-bond acceptors (Lipinski definition) is 7. The number of halogens is 3. The van der Waals surface area contributed by atoms with E-state index in [0.29, 0.717) is 25.2 Å². The Morgan fingerprint density at radius 1 is 1.23 bits per heavy atom. The molecule has 2 N–H and O–H groups in total. The molecule has 0 bridgehead atoms. The molecule has 170 valence electrons. The van der Waals surface area contributed by atoms with Gasteiger partial charge >= 0.3 is 6.18 Å². The van der Waals surface area contributed by atoms with Gasteiger partial charge in [-0.3, -0.25) is 0 Å². The molecule has 7 nitrogen and oxygen atoms in total. The summed E-state index contributed by atoms with van der Waals surface area (Å²) >= 11 is 0. The third-order valence-electron chi connectivity index (χ3n) is 5.41. The standard InChI is InChI=1S/C20H26F3N5O2S/c1-13(2)16-12-27(15-5-4-14(11-24)17(10-15)31(3,29)30)8-9-28(16)19-25-7-6-18(26-19)20(21,22)23/h4-7,10,13,16H,8-9,11-12,24H2,1-3H3. The molecule has 1 fully saturated rings. The summed E-state index contributed by atoms with van der Waals surface area (Å²) in [7, 11) is -3.45. The molecule has 1 aliphatic heterocycles. The van der Waals surface area contributed by atoms with E-state index >= 15 is 0 Å². The predicted molar refractivity (Wildman–Crippen MR) is 113 cm³/mol. The van der Waals surface area contributed by atoms with Gasteiger partial charge in [0.2, 0.25) is 5.95 Å². The molecule has 1 aliphatic rings. The van der Waals surface area contributed by atoms with Crippen LogP contribution in [0.5, 0.6) is 0 Å². The fourth-order valence-electron chi connectivity index (χ4n) is 3.76. The van der Waals surface area contributed by atoms with Crippen molar-refractivity contribution in [2.75, 3.05) is 35.7 Å². The first-order valence-electron chi connectivity index (χ1n) is 9.86. The van der Waals surface area contributed by atoms with Crippen LogP contribution in [0.1, 0.15) is 25.1 Å². The lowest BCUT2D eigenvalue weighted by molar-refractivity contribution is -0.141. The zero-order valence-corrected chi connectivity index (χ0v) is 18.4. The lowest BCUT2D eigenvalue weighted by atomic mass is 9.99. The zero-order valence-electron chi connectivity index (χ0n) is 17.6. The third-order valence-corrected chi connectivity index (χ3v) is 6.59. The van der Waals surface area contributed by atoms with Crippen molar-refractivity contribution in [3.8, 4) is 0 Å². The Bertz CT molecular complexity index is 1040. The lowest BCUT2D eigenvalue weighted by Crippen LogP contribution is -2.56. The SMILES string of the molecule is CC(C)C1CN(c2ccc(CN)c(S(C)(=O)=O)c2)CCN1c1nccc(C(F)(F)F)n1. The van der Waals surface area contributed by atoms with Gasteiger partial charge in [-0.05, 0) is 29.7 Å². The maximum absolute atomic E-state index is 13.1. The number of alkyl halides is 3. The van der Waals surface area contributed by atoms with Crippen LogP contribution in [0.3, 0.4) is 0 Å². The highest BCUT2D eigenvalue weighted by atomic mass is 32.2. The van der Waals surface area contributed by atoms with Gasteiger partial charge in [-0.1, -0.05) is 19.9 Å². The number of nitrogens with zero attached hydrogens (tertiary/aromatic N) is 4. The summed E-state index contributed by atoms with van der Waals surface area (Å²) in [4.78, 5) is 11.8. The Kier molecular flexibility index (Phi) is 6.47. The number of aromatic nitrogens is 2. The fraction of sp³-hybridized carbons (Fsp3) is 0.500. The molecule has 0 amide bonds. The van der Waals surface area contributed by atoms with E-state index in [4.69, 9.17) is 5.73 Å². The Morgan fingerprint density at radius 3 is 2.52 bits per heavy atom. The molecule has 3 rings (SSSR count). The highest BCUT2D eigenvalue weighted by molar-refractivity contribution is 7.90. The number of benzene rings is 1. The van der Waals surface area contributed by atoms with Gasteiger partial charge in [0.15, 0.2) is 9.84 Å². The number of nitrogens with two attached hydrogens (primary N) is 1. The van der Waals surface area contributed by atoms with Crippen molar-refractivity contribution >= 4 is 21.5 Å². The smallest absolute Gasteiger partial charge is 0.368 e. The van der Waals surface area contributed by atoms with Gasteiger partial charge in [0.25, 0.3) is 0 Å². The second kappa shape index (κ2) is 8.62. The molecule has 1 aromatic heterocycles. The van der Waals surface area contributed by atoms with E-state index in [1.807, 2.05) is 24.8 Å². The number of anilines is 2. The van der Waals surface area contributed by atoms with Crippen LogP contribution in [-0.2, 0) is 22.6 Å². The van der Waals surface area contributed by atoms with E-state index in [9.17, 15) is 21.6 Å². The molecular formula is C20H26F3N5O2S. The first-order valence-corrected chi connectivity index (χ1v) is 11.8. The van der Waals surface area contributed by atoms with Crippen LogP contribution in [0.2, 0.25) is 0 Å². The zero-order chi connectivity index (χ0) is 23.0. The molecule has 1 atom stereocenters. The Morgan fingerprint density at radius 2 is 1.94 bits per heavy atom. The second-order valence-corrected chi connectivity index (χ2v) is 9.94. The first kappa shape index (κ1) is 23.3. The molecule has 1 unspecified atom stereocenters. The second-order valence-electron chi connectivity index (χ2n) is 7.96. The monoisotopic (exact) mass is 457 g/mol. The Hall–Kier alpha value is -2.40. The van der Waals surface area contributed by atoms with Gasteiger partial charge in [0, 0.05) is 44.3 Å². The van der Waals surface area contributed by atoms with E-state index in [-0.39, 0.29) is 29.3 Å². The molecule has 0 radical (unpaired) electrons. The summed E-state index contributed by atoms with van der Waals surface area (Å²) in [6.45, 7) is 5.44. The van der Waals surface area contributed by atoms with E-state index in [2.05, 4.69) is 9.97 Å².